The monoisotopic (exact) mass is 838 g/mol. The van der Waals surface area contributed by atoms with Crippen LogP contribution in [0.3, 0.4) is 0 Å². The minimum atomic E-state index is 0. The van der Waals surface area contributed by atoms with E-state index in [2.05, 4.69) is 89.2 Å². The molecule has 0 bridgehead atoms. The predicted molar refractivity (Wildman–Crippen MR) is 200 cm³/mol. The van der Waals surface area contributed by atoms with Crippen LogP contribution >= 0.6 is 11.3 Å². The summed E-state index contributed by atoms with van der Waals surface area (Å²) in [7, 11) is 0. The summed E-state index contributed by atoms with van der Waals surface area (Å²) in [6.07, 6.45) is 7.66. The Balaban J connectivity index is 0.000000334. The zero-order valence-electron chi connectivity index (χ0n) is 29.9. The average Bonchev–Trinajstić information content (AvgIpc) is 3.38. The van der Waals surface area contributed by atoms with E-state index in [0.29, 0.717) is 5.56 Å². The molecular formula is C42H49IrN2O2S-. The molecule has 5 rings (SSSR count). The first-order valence-electron chi connectivity index (χ1n) is 17.0. The van der Waals surface area contributed by atoms with E-state index in [9.17, 15) is 15.2 Å². The van der Waals surface area contributed by atoms with Crippen molar-refractivity contribution in [1.82, 2.24) is 4.98 Å². The van der Waals surface area contributed by atoms with Crippen molar-refractivity contribution in [2.24, 2.45) is 17.3 Å². The maximum absolute atomic E-state index is 11.7. The largest absolute Gasteiger partial charge is 0.512 e. The van der Waals surface area contributed by atoms with Gasteiger partial charge in [0.15, 0.2) is 5.78 Å². The summed E-state index contributed by atoms with van der Waals surface area (Å²) in [6.45, 7) is 19.0. The summed E-state index contributed by atoms with van der Waals surface area (Å²) < 4.78 is 2.25. The number of thiophene rings is 1. The van der Waals surface area contributed by atoms with Crippen molar-refractivity contribution in [2.45, 2.75) is 94.4 Å². The van der Waals surface area contributed by atoms with Gasteiger partial charge in [0.2, 0.25) is 0 Å². The van der Waals surface area contributed by atoms with Crippen LogP contribution < -0.4 is 0 Å². The number of hydrogen-bond acceptors (Lipinski definition) is 5. The molecular weight excluding hydrogens is 789 g/mol. The number of allylic oxidation sites excluding steroid dienone is 2. The Labute approximate surface area is 304 Å². The van der Waals surface area contributed by atoms with Crippen LogP contribution in [-0.2, 0) is 31.3 Å². The van der Waals surface area contributed by atoms with E-state index in [-0.39, 0.29) is 48.9 Å². The number of benzene rings is 3. The number of fused-ring (bicyclic) bond motifs is 4. The second-order valence-corrected chi connectivity index (χ2v) is 15.0. The van der Waals surface area contributed by atoms with Crippen molar-refractivity contribution in [3.63, 3.8) is 0 Å². The van der Waals surface area contributed by atoms with Crippen molar-refractivity contribution >= 4 is 48.1 Å². The zero-order chi connectivity index (χ0) is 34.5. The second-order valence-electron chi connectivity index (χ2n) is 14.0. The van der Waals surface area contributed by atoms with Gasteiger partial charge in [-0.15, -0.1) is 46.2 Å². The summed E-state index contributed by atoms with van der Waals surface area (Å²) in [6, 6.07) is 21.3. The number of ketones is 1. The number of aryl methyl sites for hydroxylation is 2. The SMILES string of the molecule is CCC(CC)C(=O)/C=C(\O)C(CC)CC.Cc1[c-]c(-c2ncc(C#N)c3c2sc2cc4cc(CC(C)(C)C)ccc4cc23)cc(C)c1.[Ir]. The van der Waals surface area contributed by atoms with Gasteiger partial charge < -0.3 is 10.1 Å². The second kappa shape index (κ2) is 16.8. The van der Waals surface area contributed by atoms with Gasteiger partial charge in [0.05, 0.1) is 11.3 Å². The van der Waals surface area contributed by atoms with Crippen molar-refractivity contribution in [3.8, 4) is 17.3 Å². The van der Waals surface area contributed by atoms with Crippen molar-refractivity contribution in [1.29, 1.82) is 5.26 Å². The first-order chi connectivity index (χ1) is 22.3. The van der Waals surface area contributed by atoms with Crippen molar-refractivity contribution in [2.75, 3.05) is 0 Å². The Kier molecular flexibility index (Phi) is 13.7. The molecule has 0 aliphatic heterocycles. The van der Waals surface area contributed by atoms with Crippen molar-refractivity contribution in [3.05, 3.63) is 88.8 Å². The van der Waals surface area contributed by atoms with Gasteiger partial charge >= 0.3 is 0 Å². The number of carbonyl (C=O) groups is 1. The quantitative estimate of drug-likeness (QED) is 0.0912. The van der Waals surface area contributed by atoms with Gasteiger partial charge in [-0.2, -0.15) is 5.26 Å². The van der Waals surface area contributed by atoms with Gasteiger partial charge in [-0.3, -0.25) is 4.79 Å². The number of aromatic nitrogens is 1. The molecule has 0 saturated heterocycles. The number of aliphatic hydroxyl groups excluding tert-OH is 1. The summed E-state index contributed by atoms with van der Waals surface area (Å²) in [5, 5.41) is 24.2. The fourth-order valence-corrected chi connectivity index (χ4v) is 7.64. The van der Waals surface area contributed by atoms with Gasteiger partial charge in [-0.05, 0) is 66.0 Å². The third kappa shape index (κ3) is 9.20. The number of pyridine rings is 1. The fourth-order valence-electron chi connectivity index (χ4n) is 6.38. The molecule has 0 saturated carbocycles. The van der Waals surface area contributed by atoms with Gasteiger partial charge in [-0.1, -0.05) is 80.5 Å². The molecule has 255 valence electrons. The van der Waals surface area contributed by atoms with Crippen LogP contribution in [0.2, 0.25) is 0 Å². The van der Waals surface area contributed by atoms with E-state index in [0.717, 1.165) is 64.4 Å². The molecule has 1 N–H and O–H groups in total. The molecule has 0 aliphatic rings. The summed E-state index contributed by atoms with van der Waals surface area (Å²) in [5.41, 5.74) is 6.41. The molecule has 0 atom stereocenters. The molecule has 5 aromatic rings. The minimum absolute atomic E-state index is 0. The number of aliphatic hydroxyl groups is 1. The molecule has 2 aromatic heterocycles. The third-order valence-electron chi connectivity index (χ3n) is 8.86. The first-order valence-corrected chi connectivity index (χ1v) is 17.8. The van der Waals surface area contributed by atoms with Gasteiger partial charge in [0, 0.05) is 70.1 Å². The van der Waals surface area contributed by atoms with Gasteiger partial charge in [-0.25, -0.2) is 0 Å². The van der Waals surface area contributed by atoms with Crippen LogP contribution in [0, 0.1) is 48.5 Å². The fraction of sp³-hybridized carbons (Fsp3) is 0.405. The molecule has 3 aromatic carbocycles. The molecule has 4 nitrogen and oxygen atoms in total. The van der Waals surface area contributed by atoms with E-state index in [4.69, 9.17) is 4.98 Å². The predicted octanol–water partition coefficient (Wildman–Crippen LogP) is 12.0. The standard InChI is InChI=1S/C29H25N2S.C13H24O2.Ir/c1-17-8-18(2)10-22(9-17)27-28-26(23(15-30)16-31-27)24-12-20-7-6-19(14-29(3,4)5)11-21(20)13-25(24)32-28;1-5-10(6-2)12(14)9-13(15)11(7-3)8-4;/h6-9,11-13,16H,14H2,1-5H3;9-11,14H,5-8H2,1-4H3;/q-1;;/b;12-9-;. The van der Waals surface area contributed by atoms with Crippen LogP contribution in [0.4, 0.5) is 0 Å². The third-order valence-corrected chi connectivity index (χ3v) is 10.0. The van der Waals surface area contributed by atoms with E-state index in [1.54, 1.807) is 17.5 Å². The number of rotatable bonds is 9. The Hall–Kier alpha value is -3.36. The van der Waals surface area contributed by atoms with Gasteiger partial charge in [0.25, 0.3) is 0 Å². The Morgan fingerprint density at radius 1 is 0.979 bits per heavy atom. The van der Waals surface area contributed by atoms with Crippen molar-refractivity contribution < 1.29 is 30.0 Å². The molecule has 0 aliphatic carbocycles. The van der Waals surface area contributed by atoms with Crippen LogP contribution in [0.1, 0.15) is 96.4 Å². The summed E-state index contributed by atoms with van der Waals surface area (Å²) in [5.74, 6) is 0.547. The molecule has 48 heavy (non-hydrogen) atoms. The Bertz CT molecular complexity index is 1950. The topological polar surface area (TPSA) is 74.0 Å². The Morgan fingerprint density at radius 3 is 2.23 bits per heavy atom. The number of nitriles is 1. The maximum Gasteiger partial charge on any atom is 0.162 e. The molecule has 0 fully saturated rings. The average molecular weight is 838 g/mol. The van der Waals surface area contributed by atoms with E-state index < -0.39 is 0 Å². The van der Waals surface area contributed by atoms with Gasteiger partial charge in [0.1, 0.15) is 6.07 Å². The molecule has 0 unspecified atom stereocenters. The van der Waals surface area contributed by atoms with E-state index >= 15 is 0 Å². The molecule has 0 amide bonds. The molecule has 2 heterocycles. The molecule has 6 heteroatoms. The summed E-state index contributed by atoms with van der Waals surface area (Å²) in [4.78, 5) is 16.4. The number of carbonyl (C=O) groups excluding carboxylic acids is 1. The van der Waals surface area contributed by atoms with Crippen LogP contribution in [0.25, 0.3) is 42.2 Å². The Morgan fingerprint density at radius 2 is 1.65 bits per heavy atom. The smallest absolute Gasteiger partial charge is 0.162 e. The summed E-state index contributed by atoms with van der Waals surface area (Å²) >= 11 is 1.72. The van der Waals surface area contributed by atoms with E-state index in [1.807, 2.05) is 27.7 Å². The van der Waals surface area contributed by atoms with E-state index in [1.165, 1.54) is 32.7 Å². The normalized spacial score (nSPS) is 11.9. The minimum Gasteiger partial charge on any atom is -0.512 e. The zero-order valence-corrected chi connectivity index (χ0v) is 33.1. The van der Waals surface area contributed by atoms with Crippen LogP contribution in [-0.4, -0.2) is 15.9 Å². The maximum atomic E-state index is 11.7. The molecule has 0 spiro atoms. The first kappa shape index (κ1) is 39.1. The number of hydrogen-bond donors (Lipinski definition) is 1. The van der Waals surface area contributed by atoms with Crippen LogP contribution in [0.5, 0.6) is 0 Å². The number of nitrogens with zero attached hydrogens (tertiary/aromatic N) is 2. The molecule has 1 radical (unpaired) electrons. The van der Waals surface area contributed by atoms with Crippen LogP contribution in [0.15, 0.2) is 60.5 Å².